The zero-order chi connectivity index (χ0) is 23.4. The second-order valence-corrected chi connectivity index (χ2v) is 8.00. The minimum absolute atomic E-state index is 0.0321. The fourth-order valence-corrected chi connectivity index (χ4v) is 3.76. The van der Waals surface area contributed by atoms with Crippen molar-refractivity contribution in [1.29, 1.82) is 5.41 Å². The van der Waals surface area contributed by atoms with E-state index in [2.05, 4.69) is 32.5 Å². The first-order chi connectivity index (χ1) is 15.9. The first kappa shape index (κ1) is 22.1. The number of amides is 1. The number of rotatable bonds is 6. The number of piperazine rings is 1. The third kappa shape index (κ3) is 5.04. The highest BCUT2D eigenvalue weighted by Gasteiger charge is 2.18. The molecule has 2 heterocycles. The second-order valence-electron chi connectivity index (χ2n) is 8.00. The molecule has 170 valence electrons. The van der Waals surface area contributed by atoms with Gasteiger partial charge in [0.15, 0.2) is 0 Å². The minimum Gasteiger partial charge on any atom is -0.398 e. The maximum Gasteiger partial charge on any atom is 0.263 e. The van der Waals surface area contributed by atoms with E-state index in [9.17, 15) is 9.59 Å². The molecule has 1 aromatic heterocycles. The highest BCUT2D eigenvalue weighted by Crippen LogP contribution is 2.24. The molecule has 6 N–H and O–H groups in total. The lowest BCUT2D eigenvalue weighted by atomic mass is 10.1. The molecule has 0 radical (unpaired) electrons. The molecule has 0 spiro atoms. The van der Waals surface area contributed by atoms with Gasteiger partial charge in [-0.1, -0.05) is 0 Å². The number of aromatic nitrogens is 1. The summed E-state index contributed by atoms with van der Waals surface area (Å²) in [6.45, 7) is 3.95. The Hall–Kier alpha value is -4.11. The van der Waals surface area contributed by atoms with Gasteiger partial charge in [0.05, 0.1) is 5.69 Å². The highest BCUT2D eigenvalue weighted by atomic mass is 16.2. The Kier molecular flexibility index (Phi) is 6.41. The molecule has 0 atom stereocenters. The number of aromatic amines is 1. The molecule has 2 aromatic carbocycles. The Morgan fingerprint density at radius 1 is 1.06 bits per heavy atom. The van der Waals surface area contributed by atoms with Gasteiger partial charge in [-0.3, -0.25) is 9.59 Å². The summed E-state index contributed by atoms with van der Waals surface area (Å²) in [6, 6.07) is 14.3. The molecule has 1 aliphatic rings. The van der Waals surface area contributed by atoms with Gasteiger partial charge in [0.25, 0.3) is 11.5 Å². The van der Waals surface area contributed by atoms with Gasteiger partial charge in [-0.25, -0.2) is 0 Å². The van der Waals surface area contributed by atoms with Crippen molar-refractivity contribution in [2.75, 3.05) is 54.5 Å². The number of carbonyl (C=O) groups excluding carboxylic acids is 1. The van der Waals surface area contributed by atoms with Gasteiger partial charge < -0.3 is 36.6 Å². The number of nitrogens with zero attached hydrogens (tertiary/aromatic N) is 2. The molecule has 0 aliphatic carbocycles. The third-order valence-corrected chi connectivity index (χ3v) is 5.70. The standard InChI is InChI=1S/C24H27N7O2/c1-30-10-12-31(13-11-30)19-6-4-17(5-7-19)29-24(33)22-21(8-9-27-23(22)32)28-18-3-2-16(15-25)20(26)14-18/h2-9,14-15,25H,10-13,26H2,1H3,(H,29,33)(H2,27,28,32). The summed E-state index contributed by atoms with van der Waals surface area (Å²) >= 11 is 0. The fourth-order valence-electron chi connectivity index (χ4n) is 3.76. The first-order valence-electron chi connectivity index (χ1n) is 10.7. The van der Waals surface area contributed by atoms with Gasteiger partial charge >= 0.3 is 0 Å². The number of benzene rings is 2. The fraction of sp³-hybridized carbons (Fsp3) is 0.208. The number of nitrogen functional groups attached to an aromatic ring is 1. The number of H-pyrrole nitrogens is 1. The van der Waals surface area contributed by atoms with Crippen molar-refractivity contribution in [2.45, 2.75) is 0 Å². The van der Waals surface area contributed by atoms with Crippen LogP contribution >= 0.6 is 0 Å². The van der Waals surface area contributed by atoms with Crippen LogP contribution in [0.2, 0.25) is 0 Å². The first-order valence-corrected chi connectivity index (χ1v) is 10.7. The smallest absolute Gasteiger partial charge is 0.263 e. The van der Waals surface area contributed by atoms with Crippen LogP contribution in [0.25, 0.3) is 0 Å². The molecule has 3 aromatic rings. The van der Waals surface area contributed by atoms with E-state index in [1.165, 1.54) is 12.4 Å². The predicted molar refractivity (Wildman–Crippen MR) is 133 cm³/mol. The molecule has 4 rings (SSSR count). The SMILES string of the molecule is CN1CCN(c2ccc(NC(=O)c3c(Nc4ccc(C=N)c(N)c4)cc[nH]c3=O)cc2)CC1. The van der Waals surface area contributed by atoms with Crippen LogP contribution < -0.4 is 26.8 Å². The quantitative estimate of drug-likeness (QED) is 0.293. The Morgan fingerprint density at radius 3 is 2.42 bits per heavy atom. The van der Waals surface area contributed by atoms with E-state index in [0.29, 0.717) is 28.3 Å². The molecule has 0 unspecified atom stereocenters. The lowest BCUT2D eigenvalue weighted by Crippen LogP contribution is -2.44. The Balaban J connectivity index is 1.51. The summed E-state index contributed by atoms with van der Waals surface area (Å²) in [7, 11) is 2.12. The van der Waals surface area contributed by atoms with Crippen LogP contribution in [0.3, 0.4) is 0 Å². The lowest BCUT2D eigenvalue weighted by Gasteiger charge is -2.34. The summed E-state index contributed by atoms with van der Waals surface area (Å²) in [5.74, 6) is -0.518. The molecular formula is C24H27N7O2. The number of nitrogens with two attached hydrogens (primary N) is 1. The van der Waals surface area contributed by atoms with Crippen LogP contribution in [-0.4, -0.2) is 55.2 Å². The largest absolute Gasteiger partial charge is 0.398 e. The number of anilines is 5. The summed E-state index contributed by atoms with van der Waals surface area (Å²) in [6.07, 6.45) is 2.64. The zero-order valence-corrected chi connectivity index (χ0v) is 18.4. The van der Waals surface area contributed by atoms with Gasteiger partial charge in [-0.2, -0.15) is 0 Å². The van der Waals surface area contributed by atoms with Crippen LogP contribution in [0.15, 0.2) is 59.5 Å². The summed E-state index contributed by atoms with van der Waals surface area (Å²) in [4.78, 5) is 32.7. The number of likely N-dealkylation sites (N-methyl/N-ethyl adjacent to an activating group) is 1. The van der Waals surface area contributed by atoms with E-state index in [0.717, 1.165) is 31.9 Å². The summed E-state index contributed by atoms with van der Waals surface area (Å²) in [5, 5.41) is 13.2. The average Bonchev–Trinajstić information content (AvgIpc) is 2.80. The third-order valence-electron chi connectivity index (χ3n) is 5.70. The van der Waals surface area contributed by atoms with Crippen molar-refractivity contribution >= 4 is 40.6 Å². The molecule has 9 heteroatoms. The Morgan fingerprint density at radius 2 is 1.76 bits per heavy atom. The molecule has 1 aliphatic heterocycles. The highest BCUT2D eigenvalue weighted by molar-refractivity contribution is 6.08. The van der Waals surface area contributed by atoms with Crippen LogP contribution in [0.5, 0.6) is 0 Å². The summed E-state index contributed by atoms with van der Waals surface area (Å²) < 4.78 is 0. The van der Waals surface area contributed by atoms with Crippen molar-refractivity contribution in [3.05, 3.63) is 76.2 Å². The minimum atomic E-state index is -0.518. The molecule has 0 bridgehead atoms. The maximum atomic E-state index is 13.0. The Labute approximate surface area is 191 Å². The van der Waals surface area contributed by atoms with Crippen LogP contribution in [-0.2, 0) is 0 Å². The number of pyridine rings is 1. The van der Waals surface area contributed by atoms with Crippen LogP contribution in [0.4, 0.5) is 28.4 Å². The monoisotopic (exact) mass is 445 g/mol. The molecule has 9 nitrogen and oxygen atoms in total. The van der Waals surface area contributed by atoms with E-state index >= 15 is 0 Å². The van der Waals surface area contributed by atoms with Gasteiger partial charge in [0.2, 0.25) is 0 Å². The zero-order valence-electron chi connectivity index (χ0n) is 18.4. The lowest BCUT2D eigenvalue weighted by molar-refractivity contribution is 0.102. The number of hydrogen-bond acceptors (Lipinski definition) is 7. The van der Waals surface area contributed by atoms with E-state index in [1.807, 2.05) is 24.3 Å². The normalized spacial score (nSPS) is 14.0. The van der Waals surface area contributed by atoms with E-state index in [4.69, 9.17) is 11.1 Å². The van der Waals surface area contributed by atoms with Crippen LogP contribution in [0.1, 0.15) is 15.9 Å². The number of carbonyl (C=O) groups is 1. The number of nitrogens with one attached hydrogen (secondary N) is 4. The van der Waals surface area contributed by atoms with Crippen molar-refractivity contribution in [1.82, 2.24) is 9.88 Å². The molecule has 1 fully saturated rings. The van der Waals surface area contributed by atoms with E-state index in [-0.39, 0.29) is 5.56 Å². The van der Waals surface area contributed by atoms with Gasteiger partial charge in [0.1, 0.15) is 5.56 Å². The molecule has 0 saturated carbocycles. The number of hydrogen-bond donors (Lipinski definition) is 5. The topological polar surface area (TPSA) is 130 Å². The van der Waals surface area contributed by atoms with Gasteiger partial charge in [-0.05, 0) is 55.6 Å². The van der Waals surface area contributed by atoms with Crippen molar-refractivity contribution in [3.8, 4) is 0 Å². The van der Waals surface area contributed by atoms with Crippen molar-refractivity contribution in [2.24, 2.45) is 0 Å². The molecule has 1 saturated heterocycles. The molecular weight excluding hydrogens is 418 g/mol. The van der Waals surface area contributed by atoms with Crippen molar-refractivity contribution in [3.63, 3.8) is 0 Å². The van der Waals surface area contributed by atoms with Gasteiger partial charge in [0, 0.05) is 66.9 Å². The summed E-state index contributed by atoms with van der Waals surface area (Å²) in [5.41, 5.74) is 9.08. The van der Waals surface area contributed by atoms with Crippen LogP contribution in [0, 0.1) is 5.41 Å². The van der Waals surface area contributed by atoms with Crippen molar-refractivity contribution < 1.29 is 4.79 Å². The van der Waals surface area contributed by atoms with Gasteiger partial charge in [-0.15, -0.1) is 0 Å². The molecule has 1 amide bonds. The van der Waals surface area contributed by atoms with E-state index in [1.54, 1.807) is 24.3 Å². The second kappa shape index (κ2) is 9.58. The average molecular weight is 446 g/mol. The maximum absolute atomic E-state index is 13.0. The Bertz CT molecular complexity index is 1210. The van der Waals surface area contributed by atoms with E-state index < -0.39 is 11.5 Å². The predicted octanol–water partition coefficient (Wildman–Crippen LogP) is 2.70. The molecule has 33 heavy (non-hydrogen) atoms.